The lowest BCUT2D eigenvalue weighted by Crippen LogP contribution is -2.58. The van der Waals surface area contributed by atoms with E-state index in [1.807, 2.05) is 18.5 Å². The van der Waals surface area contributed by atoms with Gasteiger partial charge in [0.25, 0.3) is 0 Å². The van der Waals surface area contributed by atoms with Gasteiger partial charge in [0, 0.05) is 30.2 Å². The predicted molar refractivity (Wildman–Crippen MR) is 93.6 cm³/mol. The van der Waals surface area contributed by atoms with Gasteiger partial charge in [-0.3, -0.25) is 14.4 Å². The van der Waals surface area contributed by atoms with E-state index in [2.05, 4.69) is 47.5 Å². The zero-order chi connectivity index (χ0) is 17.5. The van der Waals surface area contributed by atoms with Crippen LogP contribution in [0.2, 0.25) is 0 Å². The molecule has 3 aliphatic rings. The smallest absolute Gasteiger partial charge is 0.224 e. The number of hydrogen-bond acceptors (Lipinski definition) is 4. The number of carbonyl (C=O) groups is 1. The SMILES string of the molecule is CC(C)NC(=O)[C@H]1CN2CC[C@@H]1C[C@@H]2Cn1cc(C(C)(C)C)nn1. The van der Waals surface area contributed by atoms with Crippen LogP contribution in [0, 0.1) is 11.8 Å². The van der Waals surface area contributed by atoms with Crippen LogP contribution >= 0.6 is 0 Å². The second kappa shape index (κ2) is 6.47. The minimum absolute atomic E-state index is 0.0319. The summed E-state index contributed by atoms with van der Waals surface area (Å²) in [7, 11) is 0. The Balaban J connectivity index is 1.62. The van der Waals surface area contributed by atoms with Gasteiger partial charge >= 0.3 is 0 Å². The number of amides is 1. The molecule has 3 fully saturated rings. The molecule has 1 N–H and O–H groups in total. The molecule has 2 bridgehead atoms. The van der Waals surface area contributed by atoms with E-state index < -0.39 is 0 Å². The molecule has 0 spiro atoms. The third-order valence-electron chi connectivity index (χ3n) is 5.35. The molecule has 4 atom stereocenters. The first-order chi connectivity index (χ1) is 11.2. The summed E-state index contributed by atoms with van der Waals surface area (Å²) in [5.74, 6) is 0.886. The first kappa shape index (κ1) is 17.4. The Morgan fingerprint density at radius 3 is 2.71 bits per heavy atom. The first-order valence-electron chi connectivity index (χ1n) is 9.19. The van der Waals surface area contributed by atoms with Crippen LogP contribution in [-0.4, -0.2) is 51.0 Å². The summed E-state index contributed by atoms with van der Waals surface area (Å²) < 4.78 is 1.98. The minimum atomic E-state index is 0.0319. The van der Waals surface area contributed by atoms with Crippen molar-refractivity contribution in [1.29, 1.82) is 0 Å². The molecule has 1 unspecified atom stereocenters. The zero-order valence-corrected chi connectivity index (χ0v) is 15.6. The van der Waals surface area contributed by atoms with Gasteiger partial charge in [-0.15, -0.1) is 5.10 Å². The highest BCUT2D eigenvalue weighted by atomic mass is 16.2. The van der Waals surface area contributed by atoms with Gasteiger partial charge < -0.3 is 5.32 Å². The van der Waals surface area contributed by atoms with E-state index in [1.54, 1.807) is 0 Å². The van der Waals surface area contributed by atoms with Crippen molar-refractivity contribution < 1.29 is 4.79 Å². The van der Waals surface area contributed by atoms with E-state index in [0.717, 1.165) is 38.2 Å². The van der Waals surface area contributed by atoms with E-state index in [4.69, 9.17) is 0 Å². The van der Waals surface area contributed by atoms with Gasteiger partial charge in [0.15, 0.2) is 0 Å². The third-order valence-corrected chi connectivity index (χ3v) is 5.35. The van der Waals surface area contributed by atoms with E-state index in [-0.39, 0.29) is 23.3 Å². The quantitative estimate of drug-likeness (QED) is 0.913. The van der Waals surface area contributed by atoms with E-state index in [9.17, 15) is 4.79 Å². The molecule has 0 aromatic carbocycles. The molecule has 6 heteroatoms. The monoisotopic (exact) mass is 333 g/mol. The number of aromatic nitrogens is 3. The Morgan fingerprint density at radius 2 is 2.17 bits per heavy atom. The van der Waals surface area contributed by atoms with Gasteiger partial charge in [-0.05, 0) is 39.2 Å². The fraction of sp³-hybridized carbons (Fsp3) is 0.833. The standard InChI is InChI=1S/C18H31N5O/c1-12(2)19-17(24)15-10-22-7-6-13(15)8-14(22)9-23-11-16(20-21-23)18(3,4)5/h11-15H,6-10H2,1-5H3,(H,19,24)/t13-,14-,15+/m1/s1. The van der Waals surface area contributed by atoms with E-state index in [0.29, 0.717) is 12.0 Å². The lowest BCUT2D eigenvalue weighted by Gasteiger charge is -2.49. The largest absolute Gasteiger partial charge is 0.354 e. The Kier molecular flexibility index (Phi) is 4.69. The molecule has 0 saturated carbocycles. The van der Waals surface area contributed by atoms with Crippen LogP contribution in [0.15, 0.2) is 6.20 Å². The van der Waals surface area contributed by atoms with E-state index in [1.165, 1.54) is 0 Å². The summed E-state index contributed by atoms with van der Waals surface area (Å²) in [5, 5.41) is 11.7. The highest BCUT2D eigenvalue weighted by molar-refractivity contribution is 5.79. The van der Waals surface area contributed by atoms with Crippen molar-refractivity contribution >= 4 is 5.91 Å². The maximum atomic E-state index is 12.4. The Labute approximate surface area is 145 Å². The summed E-state index contributed by atoms with van der Waals surface area (Å²) in [6.07, 6.45) is 4.30. The van der Waals surface area contributed by atoms with Crippen LogP contribution in [0.1, 0.15) is 53.2 Å². The second-order valence-corrected chi connectivity index (χ2v) is 8.78. The molecule has 0 aliphatic carbocycles. The van der Waals surface area contributed by atoms with Crippen molar-refractivity contribution in [1.82, 2.24) is 25.2 Å². The molecule has 6 nitrogen and oxygen atoms in total. The minimum Gasteiger partial charge on any atom is -0.354 e. The average molecular weight is 333 g/mol. The molecule has 3 saturated heterocycles. The molecule has 134 valence electrons. The molecule has 1 aromatic heterocycles. The number of nitrogens with one attached hydrogen (secondary N) is 1. The van der Waals surface area contributed by atoms with Gasteiger partial charge in [-0.2, -0.15) is 0 Å². The number of rotatable bonds is 4. The molecule has 1 aromatic rings. The number of nitrogens with zero attached hydrogens (tertiary/aromatic N) is 4. The number of piperidine rings is 3. The van der Waals surface area contributed by atoms with Gasteiger partial charge in [-0.25, -0.2) is 0 Å². The number of carbonyl (C=O) groups excluding carboxylic acids is 1. The lowest BCUT2D eigenvalue weighted by molar-refractivity contribution is -0.133. The van der Waals surface area contributed by atoms with Crippen LogP contribution in [0.3, 0.4) is 0 Å². The molecule has 1 amide bonds. The predicted octanol–water partition coefficient (Wildman–Crippen LogP) is 1.81. The van der Waals surface area contributed by atoms with Crippen LogP contribution in [0.25, 0.3) is 0 Å². The molecule has 3 aliphatic heterocycles. The van der Waals surface area contributed by atoms with E-state index >= 15 is 0 Å². The summed E-state index contributed by atoms with van der Waals surface area (Å²) in [4.78, 5) is 14.9. The average Bonchev–Trinajstić information content (AvgIpc) is 2.96. The summed E-state index contributed by atoms with van der Waals surface area (Å²) in [5.41, 5.74) is 1.07. The van der Waals surface area contributed by atoms with Gasteiger partial charge in [0.1, 0.15) is 0 Å². The van der Waals surface area contributed by atoms with Crippen LogP contribution in [0.4, 0.5) is 0 Å². The molecule has 24 heavy (non-hydrogen) atoms. The topological polar surface area (TPSA) is 63.1 Å². The summed E-state index contributed by atoms with van der Waals surface area (Å²) in [6.45, 7) is 13.4. The number of fused-ring (bicyclic) bond motifs is 3. The van der Waals surface area contributed by atoms with Crippen molar-refractivity contribution in [3.63, 3.8) is 0 Å². The van der Waals surface area contributed by atoms with Crippen LogP contribution in [0.5, 0.6) is 0 Å². The van der Waals surface area contributed by atoms with Crippen LogP contribution < -0.4 is 5.32 Å². The molecule has 4 heterocycles. The maximum Gasteiger partial charge on any atom is 0.224 e. The first-order valence-corrected chi connectivity index (χ1v) is 9.19. The molecular formula is C18H31N5O. The fourth-order valence-electron chi connectivity index (χ4n) is 3.96. The van der Waals surface area contributed by atoms with Gasteiger partial charge in [0.2, 0.25) is 5.91 Å². The highest BCUT2D eigenvalue weighted by Gasteiger charge is 2.43. The molecule has 0 radical (unpaired) electrons. The molecule has 4 rings (SSSR count). The van der Waals surface area contributed by atoms with Gasteiger partial charge in [0.05, 0.1) is 18.2 Å². The Hall–Kier alpha value is -1.43. The third kappa shape index (κ3) is 3.63. The summed E-state index contributed by atoms with van der Waals surface area (Å²) in [6, 6.07) is 0.691. The maximum absolute atomic E-state index is 12.4. The molecular weight excluding hydrogens is 302 g/mol. The van der Waals surface area contributed by atoms with Crippen molar-refractivity contribution in [2.45, 2.75) is 71.5 Å². The van der Waals surface area contributed by atoms with Crippen molar-refractivity contribution in [3.8, 4) is 0 Å². The van der Waals surface area contributed by atoms with Crippen LogP contribution in [-0.2, 0) is 16.8 Å². The zero-order valence-electron chi connectivity index (χ0n) is 15.6. The van der Waals surface area contributed by atoms with Crippen molar-refractivity contribution in [2.24, 2.45) is 11.8 Å². The Morgan fingerprint density at radius 1 is 1.42 bits per heavy atom. The lowest BCUT2D eigenvalue weighted by atomic mass is 9.75. The van der Waals surface area contributed by atoms with Crippen molar-refractivity contribution in [2.75, 3.05) is 13.1 Å². The highest BCUT2D eigenvalue weighted by Crippen LogP contribution is 2.37. The van der Waals surface area contributed by atoms with Crippen molar-refractivity contribution in [3.05, 3.63) is 11.9 Å². The number of hydrogen-bond donors (Lipinski definition) is 1. The van der Waals surface area contributed by atoms with Gasteiger partial charge in [-0.1, -0.05) is 26.0 Å². The Bertz CT molecular complexity index is 588. The normalized spacial score (nSPS) is 29.9. The summed E-state index contributed by atoms with van der Waals surface area (Å²) >= 11 is 0. The second-order valence-electron chi connectivity index (χ2n) is 8.78. The fourth-order valence-corrected chi connectivity index (χ4v) is 3.96.